The fourth-order valence-electron chi connectivity index (χ4n) is 2.86. The first kappa shape index (κ1) is 18.4. The third-order valence-electron chi connectivity index (χ3n) is 3.95. The highest BCUT2D eigenvalue weighted by Gasteiger charge is 2.18. The van der Waals surface area contributed by atoms with E-state index < -0.39 is 30.0 Å². The molecule has 0 unspecified atom stereocenters. The molecule has 0 N–H and O–H groups in total. The van der Waals surface area contributed by atoms with Crippen LogP contribution in [0.25, 0.3) is 21.5 Å². The van der Waals surface area contributed by atoms with Gasteiger partial charge < -0.3 is 18.6 Å². The Morgan fingerprint density at radius 3 is 1.27 bits per heavy atom. The summed E-state index contributed by atoms with van der Waals surface area (Å²) in [6.45, 7) is 0. The minimum Gasteiger partial charge on any atom is -0.744 e. The second-order valence-electron chi connectivity index (χ2n) is 5.39. The molecule has 0 atom stereocenters. The van der Waals surface area contributed by atoms with Crippen molar-refractivity contribution in [1.29, 1.82) is 0 Å². The van der Waals surface area contributed by atoms with E-state index in [2.05, 4.69) is 0 Å². The Balaban J connectivity index is 2.55. The van der Waals surface area contributed by atoms with Gasteiger partial charge in [0.25, 0.3) is 0 Å². The van der Waals surface area contributed by atoms with Crippen molar-refractivity contribution >= 4 is 41.8 Å². The molecule has 0 amide bonds. The van der Waals surface area contributed by atoms with Crippen molar-refractivity contribution in [2.24, 2.45) is 0 Å². The van der Waals surface area contributed by atoms with Gasteiger partial charge in [-0.1, -0.05) is 0 Å². The molecule has 0 spiro atoms. The van der Waals surface area contributed by atoms with Gasteiger partial charge in [0.15, 0.2) is 0 Å². The van der Waals surface area contributed by atoms with Gasteiger partial charge >= 0.3 is 0 Å². The first-order chi connectivity index (χ1) is 12.1. The molecule has 26 heavy (non-hydrogen) atoms. The number of rotatable bonds is 4. The minimum absolute atomic E-state index is 0.219. The summed E-state index contributed by atoms with van der Waals surface area (Å²) in [6, 6.07) is 7.28. The van der Waals surface area contributed by atoms with Gasteiger partial charge in [0.05, 0.1) is 24.0 Å². The summed E-state index contributed by atoms with van der Waals surface area (Å²) in [7, 11) is -6.68. The molecular weight excluding hydrogens is 384 g/mol. The molecule has 0 aliphatic rings. The van der Waals surface area contributed by atoms with Gasteiger partial charge in [0.2, 0.25) is 0 Å². The molecule has 0 saturated carbocycles. The molecule has 0 aliphatic heterocycles. The Hall–Kier alpha value is -2.40. The zero-order chi connectivity index (χ0) is 19.3. The van der Waals surface area contributed by atoms with Gasteiger partial charge in [0.1, 0.15) is 31.7 Å². The van der Waals surface area contributed by atoms with E-state index in [0.717, 1.165) is 24.3 Å². The van der Waals surface area contributed by atoms with Crippen LogP contribution in [0.5, 0.6) is 11.5 Å². The SMILES string of the molecule is COc1c2ccc(S(=O)(=O)[O-])cc2c(OC)c2ccc(S(=O)(=O)[O-])cc12. The Bertz CT molecular complexity index is 1140. The minimum atomic E-state index is -4.69. The third-order valence-corrected chi connectivity index (χ3v) is 5.61. The van der Waals surface area contributed by atoms with E-state index in [1.165, 1.54) is 26.4 Å². The van der Waals surface area contributed by atoms with Crippen LogP contribution in [0, 0.1) is 0 Å². The molecule has 0 radical (unpaired) electrons. The van der Waals surface area contributed by atoms with Crippen molar-refractivity contribution in [2.45, 2.75) is 9.79 Å². The van der Waals surface area contributed by atoms with E-state index >= 15 is 0 Å². The topological polar surface area (TPSA) is 133 Å². The molecule has 3 aromatic carbocycles. The Morgan fingerprint density at radius 2 is 1.00 bits per heavy atom. The highest BCUT2D eigenvalue weighted by molar-refractivity contribution is 7.86. The normalized spacial score (nSPS) is 12.5. The summed E-state index contributed by atoms with van der Waals surface area (Å²) in [4.78, 5) is -0.882. The van der Waals surface area contributed by atoms with Crippen molar-refractivity contribution in [2.75, 3.05) is 14.2 Å². The van der Waals surface area contributed by atoms with Crippen LogP contribution >= 0.6 is 0 Å². The van der Waals surface area contributed by atoms with Crippen LogP contribution in [0.3, 0.4) is 0 Å². The summed E-state index contributed by atoms with van der Waals surface area (Å²) in [5.74, 6) is 0.437. The average Bonchev–Trinajstić information content (AvgIpc) is 2.56. The smallest absolute Gasteiger partial charge is 0.134 e. The van der Waals surface area contributed by atoms with Gasteiger partial charge in [0, 0.05) is 21.5 Å². The highest BCUT2D eigenvalue weighted by Crippen LogP contribution is 2.43. The molecule has 0 aliphatic carbocycles. The predicted octanol–water partition coefficient (Wildman–Crippen LogP) is 1.82. The summed E-state index contributed by atoms with van der Waals surface area (Å²) in [5.41, 5.74) is 0. The number of ether oxygens (including phenoxy) is 2. The fourth-order valence-corrected chi connectivity index (χ4v) is 3.85. The zero-order valence-corrected chi connectivity index (χ0v) is 15.2. The van der Waals surface area contributed by atoms with Gasteiger partial charge in [-0.05, 0) is 36.4 Å². The number of methoxy groups -OCH3 is 2. The molecule has 0 heterocycles. The summed E-state index contributed by atoms with van der Waals surface area (Å²) in [6.07, 6.45) is 0. The van der Waals surface area contributed by atoms with Gasteiger partial charge in [-0.3, -0.25) is 0 Å². The lowest BCUT2D eigenvalue weighted by Gasteiger charge is -2.17. The first-order valence-electron chi connectivity index (χ1n) is 7.11. The molecule has 3 aromatic rings. The molecule has 3 rings (SSSR count). The van der Waals surface area contributed by atoms with E-state index in [1.807, 2.05) is 0 Å². The summed E-state index contributed by atoms with van der Waals surface area (Å²) in [5, 5.41) is 1.38. The lowest BCUT2D eigenvalue weighted by molar-refractivity contribution is 0.417. The van der Waals surface area contributed by atoms with E-state index in [9.17, 15) is 25.9 Å². The Labute approximate surface area is 149 Å². The molecule has 0 aromatic heterocycles. The molecule has 10 heteroatoms. The van der Waals surface area contributed by atoms with Crippen molar-refractivity contribution in [3.05, 3.63) is 36.4 Å². The van der Waals surface area contributed by atoms with Crippen LogP contribution in [-0.4, -0.2) is 40.2 Å². The average molecular weight is 396 g/mol. The molecule has 8 nitrogen and oxygen atoms in total. The standard InChI is InChI=1S/C16H14O8S2/c1-23-15-11-5-3-10(26(20,21)22)8-14(11)16(24-2)12-6-4-9(7-13(12)15)25(17,18)19/h3-8H,1-2H3,(H,17,18,19)(H,20,21,22)/p-2. The molecule has 0 bridgehead atoms. The predicted molar refractivity (Wildman–Crippen MR) is 90.5 cm³/mol. The first-order valence-corrected chi connectivity index (χ1v) is 9.93. The molecule has 0 saturated heterocycles. The van der Waals surface area contributed by atoms with E-state index in [0.29, 0.717) is 21.5 Å². The van der Waals surface area contributed by atoms with E-state index in [1.54, 1.807) is 0 Å². The van der Waals surface area contributed by atoms with E-state index in [4.69, 9.17) is 9.47 Å². The van der Waals surface area contributed by atoms with Crippen molar-refractivity contribution in [3.63, 3.8) is 0 Å². The molecule has 0 fully saturated rings. The lowest BCUT2D eigenvalue weighted by Crippen LogP contribution is -2.01. The second kappa shape index (κ2) is 6.09. The quantitative estimate of drug-likeness (QED) is 0.482. The maximum absolute atomic E-state index is 11.3. The largest absolute Gasteiger partial charge is 0.744 e. The molecular formula is C16H12O8S2-2. The fraction of sp³-hybridized carbons (Fsp3) is 0.125. The van der Waals surface area contributed by atoms with Crippen molar-refractivity contribution < 1.29 is 35.4 Å². The van der Waals surface area contributed by atoms with Crippen LogP contribution in [0.15, 0.2) is 46.2 Å². The highest BCUT2D eigenvalue weighted by atomic mass is 32.2. The van der Waals surface area contributed by atoms with Crippen LogP contribution in [0.2, 0.25) is 0 Å². The van der Waals surface area contributed by atoms with E-state index in [-0.39, 0.29) is 11.5 Å². The van der Waals surface area contributed by atoms with Gasteiger partial charge in [-0.15, -0.1) is 0 Å². The van der Waals surface area contributed by atoms with Gasteiger partial charge in [-0.25, -0.2) is 16.8 Å². The van der Waals surface area contributed by atoms with Crippen LogP contribution in [0.4, 0.5) is 0 Å². The maximum Gasteiger partial charge on any atom is 0.134 e. The number of fused-ring (bicyclic) bond motifs is 2. The second-order valence-corrected chi connectivity index (χ2v) is 8.15. The number of hydrogen-bond donors (Lipinski definition) is 0. The monoisotopic (exact) mass is 396 g/mol. The third kappa shape index (κ3) is 2.97. The summed E-state index contributed by atoms with van der Waals surface area (Å²) >= 11 is 0. The number of benzene rings is 3. The Morgan fingerprint density at radius 1 is 0.654 bits per heavy atom. The number of hydrogen-bond acceptors (Lipinski definition) is 8. The Kier molecular flexibility index (Phi) is 4.31. The summed E-state index contributed by atoms with van der Waals surface area (Å²) < 4.78 is 78.6. The van der Waals surface area contributed by atoms with Gasteiger partial charge in [-0.2, -0.15) is 0 Å². The maximum atomic E-state index is 11.3. The van der Waals surface area contributed by atoms with Crippen LogP contribution in [0.1, 0.15) is 0 Å². The van der Waals surface area contributed by atoms with Crippen molar-refractivity contribution in [3.8, 4) is 11.5 Å². The van der Waals surface area contributed by atoms with Crippen LogP contribution < -0.4 is 9.47 Å². The molecule has 138 valence electrons. The lowest BCUT2D eigenvalue weighted by atomic mass is 10.0. The van der Waals surface area contributed by atoms with Crippen molar-refractivity contribution in [1.82, 2.24) is 0 Å². The zero-order valence-electron chi connectivity index (χ0n) is 13.5. The van der Waals surface area contributed by atoms with Crippen LogP contribution in [-0.2, 0) is 20.2 Å².